The van der Waals surface area contributed by atoms with Gasteiger partial charge in [-0.05, 0) is 44.4 Å². The van der Waals surface area contributed by atoms with Crippen molar-refractivity contribution < 1.29 is 9.53 Å². The van der Waals surface area contributed by atoms with E-state index in [0.717, 1.165) is 40.9 Å². The molecule has 0 radical (unpaired) electrons. The molecule has 0 aliphatic carbocycles. The first-order chi connectivity index (χ1) is 12.9. The minimum Gasteiger partial charge on any atom is -0.376 e. The van der Waals surface area contributed by atoms with E-state index >= 15 is 0 Å². The Bertz CT molecular complexity index is 948. The number of thiazole rings is 1. The van der Waals surface area contributed by atoms with Crippen molar-refractivity contribution in [1.82, 2.24) is 14.8 Å². The second-order valence-corrected chi connectivity index (χ2v) is 8.27. The van der Waals surface area contributed by atoms with E-state index < -0.39 is 0 Å². The predicted molar refractivity (Wildman–Crippen MR) is 108 cm³/mol. The highest BCUT2D eigenvalue weighted by Gasteiger charge is 2.29. The van der Waals surface area contributed by atoms with Gasteiger partial charge in [0.25, 0.3) is 5.91 Å². The highest BCUT2D eigenvalue weighted by Crippen LogP contribution is 2.36. The largest absolute Gasteiger partial charge is 0.376 e. The van der Waals surface area contributed by atoms with Crippen molar-refractivity contribution in [3.8, 4) is 0 Å². The second kappa shape index (κ2) is 7.22. The highest BCUT2D eigenvalue weighted by molar-refractivity contribution is 7.23. The van der Waals surface area contributed by atoms with Crippen molar-refractivity contribution in [1.29, 1.82) is 0 Å². The summed E-state index contributed by atoms with van der Waals surface area (Å²) >= 11 is 7.80. The van der Waals surface area contributed by atoms with Crippen LogP contribution in [0.3, 0.4) is 0 Å². The van der Waals surface area contributed by atoms with Gasteiger partial charge in [0, 0.05) is 19.3 Å². The number of rotatable bonds is 4. The van der Waals surface area contributed by atoms with Crippen LogP contribution in [0.5, 0.6) is 0 Å². The van der Waals surface area contributed by atoms with Crippen molar-refractivity contribution in [3.05, 3.63) is 40.2 Å². The Kier molecular flexibility index (Phi) is 4.92. The number of hydrogen-bond acceptors (Lipinski definition) is 5. The molecule has 1 fully saturated rings. The molecule has 1 unspecified atom stereocenters. The molecule has 0 saturated carbocycles. The number of carbonyl (C=O) groups excluding carboxylic acids is 1. The molecule has 1 atom stereocenters. The molecule has 1 aliphatic rings. The van der Waals surface area contributed by atoms with E-state index in [9.17, 15) is 4.79 Å². The van der Waals surface area contributed by atoms with E-state index in [-0.39, 0.29) is 12.0 Å². The van der Waals surface area contributed by atoms with Crippen LogP contribution in [0.4, 0.5) is 5.13 Å². The van der Waals surface area contributed by atoms with Crippen molar-refractivity contribution >= 4 is 44.2 Å². The summed E-state index contributed by atoms with van der Waals surface area (Å²) in [5.41, 5.74) is 3.22. The number of benzene rings is 1. The third-order valence-electron chi connectivity index (χ3n) is 4.91. The van der Waals surface area contributed by atoms with E-state index in [0.29, 0.717) is 22.4 Å². The smallest absolute Gasteiger partial charge is 0.280 e. The molecule has 0 bridgehead atoms. The number of hydrogen-bond donors (Lipinski definition) is 0. The Hall–Kier alpha value is -1.96. The van der Waals surface area contributed by atoms with Crippen LogP contribution in [0.2, 0.25) is 5.02 Å². The molecule has 4 rings (SSSR count). The maximum absolute atomic E-state index is 13.3. The van der Waals surface area contributed by atoms with Crippen molar-refractivity contribution in [2.45, 2.75) is 32.8 Å². The van der Waals surface area contributed by atoms with Gasteiger partial charge in [0.1, 0.15) is 0 Å². The van der Waals surface area contributed by atoms with Crippen LogP contribution in [0.1, 0.15) is 34.6 Å². The highest BCUT2D eigenvalue weighted by atomic mass is 35.5. The number of carbonyl (C=O) groups is 1. The fraction of sp³-hybridized carbons (Fsp3) is 0.421. The first-order valence-electron chi connectivity index (χ1n) is 8.94. The van der Waals surface area contributed by atoms with E-state index in [1.807, 2.05) is 33.0 Å². The average molecular weight is 405 g/mol. The number of halogens is 1. The lowest BCUT2D eigenvalue weighted by Gasteiger charge is -2.22. The summed E-state index contributed by atoms with van der Waals surface area (Å²) in [6, 6.07) is 5.62. The zero-order valence-electron chi connectivity index (χ0n) is 15.5. The van der Waals surface area contributed by atoms with Gasteiger partial charge in [-0.25, -0.2) is 4.98 Å². The van der Waals surface area contributed by atoms with Crippen LogP contribution >= 0.6 is 22.9 Å². The van der Waals surface area contributed by atoms with Crippen LogP contribution in [-0.4, -0.2) is 39.9 Å². The van der Waals surface area contributed by atoms with Gasteiger partial charge in [-0.3, -0.25) is 14.4 Å². The van der Waals surface area contributed by atoms with Gasteiger partial charge in [0.15, 0.2) is 10.8 Å². The molecule has 8 heteroatoms. The third kappa shape index (κ3) is 3.47. The van der Waals surface area contributed by atoms with E-state index in [1.54, 1.807) is 15.6 Å². The number of nitrogens with zero attached hydrogens (tertiary/aromatic N) is 4. The molecule has 6 nitrogen and oxygen atoms in total. The molecule has 1 saturated heterocycles. The monoisotopic (exact) mass is 404 g/mol. The number of aryl methyl sites for hydroxylation is 3. The lowest BCUT2D eigenvalue weighted by atomic mass is 10.2. The quantitative estimate of drug-likeness (QED) is 0.656. The predicted octanol–water partition coefficient (Wildman–Crippen LogP) is 4.13. The van der Waals surface area contributed by atoms with Gasteiger partial charge in [0.05, 0.1) is 27.9 Å². The fourth-order valence-corrected chi connectivity index (χ4v) is 4.57. The van der Waals surface area contributed by atoms with Crippen LogP contribution in [-0.2, 0) is 11.8 Å². The maximum Gasteiger partial charge on any atom is 0.280 e. The van der Waals surface area contributed by atoms with Crippen molar-refractivity contribution in [3.63, 3.8) is 0 Å². The molecule has 2 aromatic heterocycles. The maximum atomic E-state index is 13.3. The van der Waals surface area contributed by atoms with Crippen molar-refractivity contribution in [2.24, 2.45) is 7.05 Å². The average Bonchev–Trinajstić information content (AvgIpc) is 3.37. The van der Waals surface area contributed by atoms with Gasteiger partial charge in [-0.1, -0.05) is 29.0 Å². The second-order valence-electron chi connectivity index (χ2n) is 6.88. The Morgan fingerprint density at radius 3 is 2.89 bits per heavy atom. The summed E-state index contributed by atoms with van der Waals surface area (Å²) in [6.45, 7) is 5.12. The standard InChI is InChI=1S/C19H21ClN4O2S/c1-11-6-7-14(20)17-16(11)21-19(27-17)24(10-13-5-4-8-26-13)18(25)15-9-12(2)23(3)22-15/h6-7,9,13H,4-5,8,10H2,1-3H3. The molecule has 3 heterocycles. The van der Waals surface area contributed by atoms with E-state index in [2.05, 4.69) is 5.10 Å². The fourth-order valence-electron chi connectivity index (χ4n) is 3.25. The lowest BCUT2D eigenvalue weighted by Crippen LogP contribution is -2.37. The minimum absolute atomic E-state index is 0.0161. The Labute approximate surface area is 166 Å². The molecular weight excluding hydrogens is 384 g/mol. The topological polar surface area (TPSA) is 60.2 Å². The lowest BCUT2D eigenvalue weighted by molar-refractivity contribution is 0.0913. The number of aromatic nitrogens is 3. The van der Waals surface area contributed by atoms with Gasteiger partial charge >= 0.3 is 0 Å². The first kappa shape index (κ1) is 18.4. The van der Waals surface area contributed by atoms with Gasteiger partial charge < -0.3 is 4.74 Å². The van der Waals surface area contributed by atoms with Crippen LogP contribution in [0.15, 0.2) is 18.2 Å². The molecule has 1 amide bonds. The van der Waals surface area contributed by atoms with Crippen molar-refractivity contribution in [2.75, 3.05) is 18.1 Å². The van der Waals surface area contributed by atoms with Crippen LogP contribution < -0.4 is 4.90 Å². The SMILES string of the molecule is Cc1ccc(Cl)c2sc(N(CC3CCCO3)C(=O)c3cc(C)n(C)n3)nc12. The molecule has 142 valence electrons. The minimum atomic E-state index is -0.165. The van der Waals surface area contributed by atoms with Gasteiger partial charge in [-0.2, -0.15) is 5.10 Å². The Morgan fingerprint density at radius 2 is 2.26 bits per heavy atom. The molecule has 1 aromatic carbocycles. The van der Waals surface area contributed by atoms with Crippen LogP contribution in [0, 0.1) is 13.8 Å². The van der Waals surface area contributed by atoms with E-state index in [1.165, 1.54) is 11.3 Å². The Balaban J connectivity index is 1.76. The number of fused-ring (bicyclic) bond motifs is 1. The number of ether oxygens (including phenoxy) is 1. The summed E-state index contributed by atoms with van der Waals surface area (Å²) in [5, 5.41) is 5.64. The van der Waals surface area contributed by atoms with E-state index in [4.69, 9.17) is 21.3 Å². The number of anilines is 1. The zero-order chi connectivity index (χ0) is 19.1. The molecule has 27 heavy (non-hydrogen) atoms. The summed E-state index contributed by atoms with van der Waals surface area (Å²) in [7, 11) is 1.83. The zero-order valence-corrected chi connectivity index (χ0v) is 17.1. The summed E-state index contributed by atoms with van der Waals surface area (Å²) < 4.78 is 8.38. The molecule has 0 spiro atoms. The first-order valence-corrected chi connectivity index (χ1v) is 10.1. The summed E-state index contributed by atoms with van der Waals surface area (Å²) in [4.78, 5) is 19.7. The molecule has 3 aromatic rings. The summed E-state index contributed by atoms with van der Waals surface area (Å²) in [6.07, 6.45) is 1.97. The summed E-state index contributed by atoms with van der Waals surface area (Å²) in [5.74, 6) is -0.165. The van der Waals surface area contributed by atoms with Crippen LogP contribution in [0.25, 0.3) is 10.2 Å². The Morgan fingerprint density at radius 1 is 1.44 bits per heavy atom. The third-order valence-corrected chi connectivity index (χ3v) is 6.44. The van der Waals surface area contributed by atoms with Gasteiger partial charge in [0.2, 0.25) is 0 Å². The molecular formula is C19H21ClN4O2S. The molecule has 1 aliphatic heterocycles. The normalized spacial score (nSPS) is 17.0. The molecule has 0 N–H and O–H groups in total. The van der Waals surface area contributed by atoms with Gasteiger partial charge in [-0.15, -0.1) is 0 Å². The number of amides is 1.